The number of nitrogens with one attached hydrogen (secondary N) is 2. The van der Waals surface area contributed by atoms with E-state index in [1.165, 1.54) is 31.2 Å². The van der Waals surface area contributed by atoms with Gasteiger partial charge in [-0.15, -0.1) is 0 Å². The van der Waals surface area contributed by atoms with Crippen LogP contribution in [-0.4, -0.2) is 36.6 Å². The van der Waals surface area contributed by atoms with Crippen molar-refractivity contribution in [2.24, 2.45) is 0 Å². The zero-order valence-corrected chi connectivity index (χ0v) is 16.4. The van der Waals surface area contributed by atoms with Gasteiger partial charge in [0.2, 0.25) is 0 Å². The molecule has 1 saturated heterocycles. The van der Waals surface area contributed by atoms with Crippen molar-refractivity contribution in [1.82, 2.24) is 15.6 Å². The fourth-order valence-electron chi connectivity index (χ4n) is 4.29. The Morgan fingerprint density at radius 3 is 2.64 bits per heavy atom. The lowest BCUT2D eigenvalue weighted by Crippen LogP contribution is -2.46. The molecule has 2 N–H and O–H groups in total. The van der Waals surface area contributed by atoms with E-state index in [-0.39, 0.29) is 11.9 Å². The van der Waals surface area contributed by atoms with E-state index in [0.29, 0.717) is 11.6 Å². The zero-order chi connectivity index (χ0) is 19.2. The second-order valence-corrected chi connectivity index (χ2v) is 7.93. The van der Waals surface area contributed by atoms with Crippen LogP contribution in [0.4, 0.5) is 5.82 Å². The molecule has 0 bridgehead atoms. The van der Waals surface area contributed by atoms with Crippen molar-refractivity contribution >= 4 is 11.7 Å². The minimum atomic E-state index is 0.0327. The van der Waals surface area contributed by atoms with Crippen LogP contribution in [0.2, 0.25) is 0 Å². The second-order valence-electron chi connectivity index (χ2n) is 7.93. The average molecular weight is 379 g/mol. The number of aromatic nitrogens is 1. The molecule has 2 aromatic rings. The van der Waals surface area contributed by atoms with Crippen molar-refractivity contribution in [2.75, 3.05) is 24.5 Å². The minimum Gasteiger partial charge on any atom is -0.353 e. The Balaban J connectivity index is 1.43. The summed E-state index contributed by atoms with van der Waals surface area (Å²) in [5.41, 5.74) is 2.00. The number of benzene rings is 1. The summed E-state index contributed by atoms with van der Waals surface area (Å²) in [7, 11) is 0. The lowest BCUT2D eigenvalue weighted by atomic mass is 10.0. The molecule has 2 heterocycles. The second kappa shape index (κ2) is 9.20. The summed E-state index contributed by atoms with van der Waals surface area (Å²) < 4.78 is 0. The Morgan fingerprint density at radius 2 is 1.86 bits per heavy atom. The maximum atomic E-state index is 12.8. The van der Waals surface area contributed by atoms with Gasteiger partial charge in [0.05, 0.1) is 0 Å². The van der Waals surface area contributed by atoms with Crippen LogP contribution < -0.4 is 15.5 Å². The molecule has 148 valence electrons. The molecule has 1 saturated carbocycles. The maximum Gasteiger partial charge on any atom is 0.251 e. The Kier molecular flexibility index (Phi) is 6.22. The third-order valence-corrected chi connectivity index (χ3v) is 5.90. The molecule has 1 aromatic heterocycles. The number of anilines is 1. The molecule has 1 aliphatic carbocycles. The molecule has 1 amide bonds. The molecule has 5 heteroatoms. The molecule has 1 aromatic carbocycles. The van der Waals surface area contributed by atoms with Crippen LogP contribution in [0.15, 0.2) is 48.7 Å². The molecule has 1 aliphatic heterocycles. The van der Waals surface area contributed by atoms with Crippen LogP contribution in [0.25, 0.3) is 0 Å². The van der Waals surface area contributed by atoms with Crippen molar-refractivity contribution in [1.29, 1.82) is 0 Å². The first-order valence-electron chi connectivity index (χ1n) is 10.6. The van der Waals surface area contributed by atoms with E-state index in [9.17, 15) is 4.79 Å². The standard InChI is InChI=1S/C23H30N4O/c28-23(26-20-10-6-1-2-7-11-20)19-12-13-25-22(16-19)27-15-14-24-21(17-27)18-8-4-3-5-9-18/h3-5,8-9,12-13,16,20-21,24H,1-2,6-7,10-11,14-15,17H2,(H,26,28)/t21-/m1/s1. The lowest BCUT2D eigenvalue weighted by Gasteiger charge is -2.35. The van der Waals surface area contributed by atoms with Crippen LogP contribution in [-0.2, 0) is 0 Å². The van der Waals surface area contributed by atoms with E-state index < -0.39 is 0 Å². The first kappa shape index (κ1) is 18.9. The van der Waals surface area contributed by atoms with Crippen molar-refractivity contribution in [3.8, 4) is 0 Å². The minimum absolute atomic E-state index is 0.0327. The largest absolute Gasteiger partial charge is 0.353 e. The normalized spacial score (nSPS) is 21.1. The highest BCUT2D eigenvalue weighted by atomic mass is 16.1. The van der Waals surface area contributed by atoms with E-state index in [1.54, 1.807) is 6.20 Å². The number of carbonyl (C=O) groups excluding carboxylic acids is 1. The van der Waals surface area contributed by atoms with Gasteiger partial charge in [-0.3, -0.25) is 4.79 Å². The molecule has 5 nitrogen and oxygen atoms in total. The molecule has 2 aliphatic rings. The van der Waals surface area contributed by atoms with Crippen molar-refractivity contribution in [3.63, 3.8) is 0 Å². The van der Waals surface area contributed by atoms with Crippen LogP contribution in [0.1, 0.15) is 60.5 Å². The molecular formula is C23H30N4O. The molecule has 1 atom stereocenters. The van der Waals surface area contributed by atoms with Crippen LogP contribution in [0.5, 0.6) is 0 Å². The van der Waals surface area contributed by atoms with Gasteiger partial charge in [-0.25, -0.2) is 4.98 Å². The van der Waals surface area contributed by atoms with Gasteiger partial charge in [0, 0.05) is 43.5 Å². The summed E-state index contributed by atoms with van der Waals surface area (Å²) in [5.74, 6) is 0.918. The average Bonchev–Trinajstić information content (AvgIpc) is 3.03. The molecule has 2 fully saturated rings. The fourth-order valence-corrected chi connectivity index (χ4v) is 4.29. The number of nitrogens with zero attached hydrogens (tertiary/aromatic N) is 2. The number of rotatable bonds is 4. The summed E-state index contributed by atoms with van der Waals surface area (Å²) >= 11 is 0. The molecular weight excluding hydrogens is 348 g/mol. The third-order valence-electron chi connectivity index (χ3n) is 5.90. The van der Waals surface area contributed by atoms with Crippen LogP contribution in [0, 0.1) is 0 Å². The summed E-state index contributed by atoms with van der Waals surface area (Å²) in [4.78, 5) is 19.6. The van der Waals surface area contributed by atoms with E-state index in [0.717, 1.165) is 38.3 Å². The highest BCUT2D eigenvalue weighted by molar-refractivity contribution is 5.95. The lowest BCUT2D eigenvalue weighted by molar-refractivity contribution is 0.0933. The fraction of sp³-hybridized carbons (Fsp3) is 0.478. The van der Waals surface area contributed by atoms with Gasteiger partial charge in [-0.2, -0.15) is 0 Å². The first-order chi connectivity index (χ1) is 13.8. The third kappa shape index (κ3) is 4.71. The van der Waals surface area contributed by atoms with Gasteiger partial charge in [-0.05, 0) is 30.5 Å². The van der Waals surface area contributed by atoms with E-state index in [1.807, 2.05) is 18.2 Å². The SMILES string of the molecule is O=C(NC1CCCCCC1)c1ccnc(N2CCN[C@@H](c3ccccc3)C2)c1. The Hall–Kier alpha value is -2.40. The number of piperazine rings is 1. The van der Waals surface area contributed by atoms with Crippen molar-refractivity contribution in [2.45, 2.75) is 50.6 Å². The monoisotopic (exact) mass is 378 g/mol. The van der Waals surface area contributed by atoms with Crippen molar-refractivity contribution < 1.29 is 4.79 Å². The van der Waals surface area contributed by atoms with Gasteiger partial charge in [0.1, 0.15) is 5.82 Å². The molecule has 28 heavy (non-hydrogen) atoms. The first-order valence-corrected chi connectivity index (χ1v) is 10.6. The van der Waals surface area contributed by atoms with Gasteiger partial charge >= 0.3 is 0 Å². The van der Waals surface area contributed by atoms with Gasteiger partial charge in [-0.1, -0.05) is 56.0 Å². The van der Waals surface area contributed by atoms with Crippen molar-refractivity contribution in [3.05, 3.63) is 59.8 Å². The quantitative estimate of drug-likeness (QED) is 0.797. The number of amides is 1. The highest BCUT2D eigenvalue weighted by Crippen LogP contribution is 2.22. The number of pyridine rings is 1. The Morgan fingerprint density at radius 1 is 1.07 bits per heavy atom. The highest BCUT2D eigenvalue weighted by Gasteiger charge is 2.22. The topological polar surface area (TPSA) is 57.3 Å². The Bertz CT molecular complexity index is 771. The summed E-state index contributed by atoms with van der Waals surface area (Å²) in [6.45, 7) is 2.65. The van der Waals surface area contributed by atoms with E-state index in [2.05, 4.69) is 44.8 Å². The summed E-state index contributed by atoms with van der Waals surface area (Å²) in [6.07, 6.45) is 8.97. The predicted octanol–water partition coefficient (Wildman–Crippen LogP) is 3.69. The number of carbonyl (C=O) groups is 1. The Labute approximate surface area is 167 Å². The van der Waals surface area contributed by atoms with E-state index >= 15 is 0 Å². The predicted molar refractivity (Wildman–Crippen MR) is 113 cm³/mol. The number of hydrogen-bond donors (Lipinski definition) is 2. The molecule has 0 unspecified atom stereocenters. The van der Waals surface area contributed by atoms with Gasteiger partial charge in [0.25, 0.3) is 5.91 Å². The summed E-state index contributed by atoms with van der Waals surface area (Å²) in [5, 5.41) is 6.83. The molecule has 4 rings (SSSR count). The van der Waals surface area contributed by atoms with E-state index in [4.69, 9.17) is 0 Å². The zero-order valence-electron chi connectivity index (χ0n) is 16.4. The number of hydrogen-bond acceptors (Lipinski definition) is 4. The summed E-state index contributed by atoms with van der Waals surface area (Å²) in [6, 6.07) is 14.9. The molecule has 0 radical (unpaired) electrons. The molecule has 0 spiro atoms. The van der Waals surface area contributed by atoms with Crippen LogP contribution >= 0.6 is 0 Å². The van der Waals surface area contributed by atoms with Gasteiger partial charge < -0.3 is 15.5 Å². The smallest absolute Gasteiger partial charge is 0.251 e. The van der Waals surface area contributed by atoms with Crippen LogP contribution in [0.3, 0.4) is 0 Å². The maximum absolute atomic E-state index is 12.8. The van der Waals surface area contributed by atoms with Gasteiger partial charge in [0.15, 0.2) is 0 Å².